The lowest BCUT2D eigenvalue weighted by atomic mass is 10.1. The van der Waals surface area contributed by atoms with E-state index in [-0.39, 0.29) is 11.5 Å². The van der Waals surface area contributed by atoms with Crippen LogP contribution in [0.2, 0.25) is 5.02 Å². The molecule has 0 unspecified atom stereocenters. The fourth-order valence-electron chi connectivity index (χ4n) is 3.90. The molecule has 0 atom stereocenters. The summed E-state index contributed by atoms with van der Waals surface area (Å²) in [6, 6.07) is 12.9. The van der Waals surface area contributed by atoms with Crippen molar-refractivity contribution in [3.05, 3.63) is 63.7 Å². The summed E-state index contributed by atoms with van der Waals surface area (Å²) < 4.78 is 0. The van der Waals surface area contributed by atoms with Crippen molar-refractivity contribution in [3.8, 4) is 0 Å². The van der Waals surface area contributed by atoms with Gasteiger partial charge in [-0.15, -0.1) is 0 Å². The molecule has 2 N–H and O–H groups in total. The van der Waals surface area contributed by atoms with Crippen LogP contribution >= 0.6 is 11.6 Å². The normalized spacial score (nSPS) is 14.1. The van der Waals surface area contributed by atoms with Gasteiger partial charge in [0.25, 0.3) is 5.56 Å². The zero-order valence-electron chi connectivity index (χ0n) is 16.8. The maximum Gasteiger partial charge on any atom is 0.258 e. The first-order valence-corrected chi connectivity index (χ1v) is 10.8. The molecule has 6 nitrogen and oxygen atoms in total. The number of halogens is 1. The number of aryl methyl sites for hydroxylation is 1. The first-order chi connectivity index (χ1) is 14.6. The molecular formula is C23H25ClN4O2. The standard InChI is InChI=1S/C23H25ClN4O2/c24-16-11-12-20(28-13-4-1-5-14-28)19(15-16)26-22(29)10-6-9-21-25-18-8-3-2-7-17(18)23(30)27-21/h2-3,7-8,11-12,15H,1,4-6,9-10,13-14H2,(H,26,29)(H,25,27,30). The highest BCUT2D eigenvalue weighted by Gasteiger charge is 2.16. The fourth-order valence-corrected chi connectivity index (χ4v) is 4.07. The van der Waals surface area contributed by atoms with Gasteiger partial charge >= 0.3 is 0 Å². The number of anilines is 2. The van der Waals surface area contributed by atoms with E-state index in [1.807, 2.05) is 36.4 Å². The number of carbonyl (C=O) groups excluding carboxylic acids is 1. The Bertz CT molecular complexity index is 1110. The third-order valence-electron chi connectivity index (χ3n) is 5.41. The number of piperidine rings is 1. The van der Waals surface area contributed by atoms with Crippen LogP contribution in [-0.4, -0.2) is 29.0 Å². The van der Waals surface area contributed by atoms with Gasteiger partial charge in [0.15, 0.2) is 0 Å². The zero-order valence-corrected chi connectivity index (χ0v) is 17.5. The first-order valence-electron chi connectivity index (χ1n) is 10.4. The molecule has 1 aliphatic heterocycles. The summed E-state index contributed by atoms with van der Waals surface area (Å²) in [5.74, 6) is 0.530. The van der Waals surface area contributed by atoms with Crippen LogP contribution in [0.25, 0.3) is 10.9 Å². The number of nitrogens with one attached hydrogen (secondary N) is 2. The molecule has 1 aromatic heterocycles. The minimum atomic E-state index is -0.148. The summed E-state index contributed by atoms with van der Waals surface area (Å²) in [6.07, 6.45) is 5.02. The second-order valence-electron chi connectivity index (χ2n) is 7.64. The average Bonchev–Trinajstić information content (AvgIpc) is 2.74. The van der Waals surface area contributed by atoms with Gasteiger partial charge in [-0.25, -0.2) is 4.98 Å². The third-order valence-corrected chi connectivity index (χ3v) is 5.64. The molecule has 3 aromatic rings. The summed E-state index contributed by atoms with van der Waals surface area (Å²) in [5, 5.41) is 4.19. The number of aromatic amines is 1. The molecule has 0 spiro atoms. The van der Waals surface area contributed by atoms with Crippen molar-refractivity contribution < 1.29 is 4.79 Å². The van der Waals surface area contributed by atoms with Crippen LogP contribution in [0.3, 0.4) is 0 Å². The van der Waals surface area contributed by atoms with Crippen molar-refractivity contribution in [3.63, 3.8) is 0 Å². The number of benzene rings is 2. The smallest absolute Gasteiger partial charge is 0.258 e. The monoisotopic (exact) mass is 424 g/mol. The van der Waals surface area contributed by atoms with Gasteiger partial charge < -0.3 is 15.2 Å². The van der Waals surface area contributed by atoms with Gasteiger partial charge in [0.1, 0.15) is 5.82 Å². The number of fused-ring (bicyclic) bond motifs is 1. The van der Waals surface area contributed by atoms with Crippen LogP contribution in [0.1, 0.15) is 37.9 Å². The van der Waals surface area contributed by atoms with Gasteiger partial charge in [0, 0.05) is 31.0 Å². The van der Waals surface area contributed by atoms with Gasteiger partial charge in [-0.1, -0.05) is 23.7 Å². The molecule has 1 saturated heterocycles. The van der Waals surface area contributed by atoms with Crippen molar-refractivity contribution in [1.82, 2.24) is 9.97 Å². The molecule has 2 heterocycles. The minimum Gasteiger partial charge on any atom is -0.370 e. The summed E-state index contributed by atoms with van der Waals surface area (Å²) in [4.78, 5) is 34.3. The van der Waals surface area contributed by atoms with Crippen LogP contribution < -0.4 is 15.8 Å². The highest BCUT2D eigenvalue weighted by molar-refractivity contribution is 6.31. The van der Waals surface area contributed by atoms with E-state index < -0.39 is 0 Å². The number of aromatic nitrogens is 2. The molecule has 1 aliphatic rings. The topological polar surface area (TPSA) is 78.1 Å². The van der Waals surface area contributed by atoms with Gasteiger partial charge in [-0.2, -0.15) is 0 Å². The summed E-state index contributed by atoms with van der Waals surface area (Å²) in [6.45, 7) is 1.98. The largest absolute Gasteiger partial charge is 0.370 e. The highest BCUT2D eigenvalue weighted by Crippen LogP contribution is 2.31. The first kappa shape index (κ1) is 20.4. The molecule has 4 rings (SSSR count). The van der Waals surface area contributed by atoms with E-state index in [0.29, 0.717) is 41.0 Å². The summed E-state index contributed by atoms with van der Waals surface area (Å²) >= 11 is 6.17. The quantitative estimate of drug-likeness (QED) is 0.609. The van der Waals surface area contributed by atoms with Crippen molar-refractivity contribution in [2.45, 2.75) is 38.5 Å². The second kappa shape index (κ2) is 9.30. The molecule has 30 heavy (non-hydrogen) atoms. The molecule has 1 amide bonds. The van der Waals surface area contributed by atoms with E-state index in [1.54, 1.807) is 6.07 Å². The van der Waals surface area contributed by atoms with E-state index in [4.69, 9.17) is 11.6 Å². The lowest BCUT2D eigenvalue weighted by Crippen LogP contribution is -2.30. The van der Waals surface area contributed by atoms with E-state index in [2.05, 4.69) is 20.2 Å². The Balaban J connectivity index is 1.38. The van der Waals surface area contributed by atoms with Gasteiger partial charge in [-0.3, -0.25) is 9.59 Å². The van der Waals surface area contributed by atoms with Crippen LogP contribution in [0, 0.1) is 0 Å². The minimum absolute atomic E-state index is 0.0707. The highest BCUT2D eigenvalue weighted by atomic mass is 35.5. The molecule has 0 saturated carbocycles. The van der Waals surface area contributed by atoms with Crippen molar-refractivity contribution >= 4 is 39.8 Å². The van der Waals surface area contributed by atoms with Crippen LogP contribution in [0.15, 0.2) is 47.3 Å². The van der Waals surface area contributed by atoms with E-state index in [0.717, 1.165) is 37.3 Å². The van der Waals surface area contributed by atoms with Gasteiger partial charge in [-0.05, 0) is 56.0 Å². The number of hydrogen-bond acceptors (Lipinski definition) is 4. The third kappa shape index (κ3) is 4.82. The lowest BCUT2D eigenvalue weighted by Gasteiger charge is -2.30. The molecule has 7 heteroatoms. The van der Waals surface area contributed by atoms with Crippen LogP contribution in [0.4, 0.5) is 11.4 Å². The average molecular weight is 425 g/mol. The Morgan fingerprint density at radius 1 is 1.13 bits per heavy atom. The van der Waals surface area contributed by atoms with E-state index >= 15 is 0 Å². The number of H-pyrrole nitrogens is 1. The summed E-state index contributed by atoms with van der Waals surface area (Å²) in [5.41, 5.74) is 2.30. The second-order valence-corrected chi connectivity index (χ2v) is 8.08. The van der Waals surface area contributed by atoms with Crippen molar-refractivity contribution in [2.24, 2.45) is 0 Å². The number of para-hydroxylation sites is 1. The SMILES string of the molecule is O=C(CCCc1nc2ccccc2c(=O)[nH]1)Nc1cc(Cl)ccc1N1CCCCC1. The predicted molar refractivity (Wildman–Crippen MR) is 121 cm³/mol. The Morgan fingerprint density at radius 2 is 1.93 bits per heavy atom. The van der Waals surface area contributed by atoms with E-state index in [1.165, 1.54) is 6.42 Å². The maximum atomic E-state index is 12.6. The van der Waals surface area contributed by atoms with Crippen molar-refractivity contribution in [2.75, 3.05) is 23.3 Å². The fraction of sp³-hybridized carbons (Fsp3) is 0.348. The van der Waals surface area contributed by atoms with Crippen molar-refractivity contribution in [1.29, 1.82) is 0 Å². The number of carbonyl (C=O) groups is 1. The summed E-state index contributed by atoms with van der Waals surface area (Å²) in [7, 11) is 0. The number of hydrogen-bond donors (Lipinski definition) is 2. The number of rotatable bonds is 6. The number of amides is 1. The van der Waals surface area contributed by atoms with Crippen LogP contribution in [0.5, 0.6) is 0 Å². The van der Waals surface area contributed by atoms with Crippen LogP contribution in [-0.2, 0) is 11.2 Å². The molecule has 0 bridgehead atoms. The molecule has 2 aromatic carbocycles. The molecule has 156 valence electrons. The zero-order chi connectivity index (χ0) is 20.9. The molecular weight excluding hydrogens is 400 g/mol. The Hall–Kier alpha value is -2.86. The van der Waals surface area contributed by atoms with Gasteiger partial charge in [0.2, 0.25) is 5.91 Å². The Labute approximate surface area is 180 Å². The Kier molecular flexibility index (Phi) is 6.33. The molecule has 1 fully saturated rings. The predicted octanol–water partition coefficient (Wildman–Crippen LogP) is 4.53. The molecule has 0 aliphatic carbocycles. The lowest BCUT2D eigenvalue weighted by molar-refractivity contribution is -0.116. The van der Waals surface area contributed by atoms with Gasteiger partial charge in [0.05, 0.1) is 22.3 Å². The van der Waals surface area contributed by atoms with E-state index in [9.17, 15) is 9.59 Å². The maximum absolute atomic E-state index is 12.6. The Morgan fingerprint density at radius 3 is 2.77 bits per heavy atom. The molecule has 0 radical (unpaired) electrons. The number of nitrogens with zero attached hydrogens (tertiary/aromatic N) is 2.